The molecule has 1 heteroatoms. The lowest BCUT2D eigenvalue weighted by atomic mass is 10.0. The topological polar surface area (TPSA) is 14.1 Å². The molecule has 1 nitrogen and oxygen atoms in total. The minimum absolute atomic E-state index is 0.689. The van der Waals surface area contributed by atoms with Crippen LogP contribution in [0.15, 0.2) is 24.5 Å². The van der Waals surface area contributed by atoms with Gasteiger partial charge >= 0.3 is 0 Å². The summed E-state index contributed by atoms with van der Waals surface area (Å²) in [4.78, 5) is 3.01. The van der Waals surface area contributed by atoms with Crippen molar-refractivity contribution in [1.29, 1.82) is 0 Å². The summed E-state index contributed by atoms with van der Waals surface area (Å²) in [6.07, 6.45) is 5.16. The molecule has 1 aromatic heterocycles. The molecule has 54 valence electrons. The van der Waals surface area contributed by atoms with Crippen LogP contribution in [0.3, 0.4) is 0 Å². The number of aromatic nitrogens is 1. The number of rotatable bonds is 2. The van der Waals surface area contributed by atoms with E-state index < -0.39 is 0 Å². The second kappa shape index (κ2) is 3.35. The number of aromatic amines is 1. The third-order valence-corrected chi connectivity index (χ3v) is 1.93. The van der Waals surface area contributed by atoms with E-state index in [2.05, 4.69) is 31.0 Å². The van der Waals surface area contributed by atoms with Gasteiger partial charge in [0, 0.05) is 12.1 Å². The first-order chi connectivity index (χ1) is 4.84. The van der Waals surface area contributed by atoms with Crippen LogP contribution in [0.2, 0.25) is 0 Å². The fraction of sp³-hybridized carbons (Fsp3) is 0.444. The Labute approximate surface area is 62.1 Å². The molecule has 1 N–H and O–H groups in total. The molecule has 0 bridgehead atoms. The average molecular weight is 136 g/mol. The van der Waals surface area contributed by atoms with Crippen molar-refractivity contribution in [2.75, 3.05) is 0 Å². The van der Waals surface area contributed by atoms with Gasteiger partial charge in [-0.15, -0.1) is 0 Å². The van der Waals surface area contributed by atoms with E-state index in [0.717, 1.165) is 0 Å². The zero-order chi connectivity index (χ0) is 7.40. The number of nitrogens with one attached hydrogen (secondary N) is 1. The van der Waals surface area contributed by atoms with Crippen LogP contribution < -0.4 is 4.98 Å². The van der Waals surface area contributed by atoms with Gasteiger partial charge in [-0.05, 0) is 17.9 Å². The molecule has 1 rings (SSSR count). The van der Waals surface area contributed by atoms with E-state index in [4.69, 9.17) is 0 Å². The smallest absolute Gasteiger partial charge is 0.167 e. The molecular weight excluding hydrogens is 122 g/mol. The van der Waals surface area contributed by atoms with E-state index in [1.165, 1.54) is 12.0 Å². The molecule has 0 saturated carbocycles. The number of pyridine rings is 1. The predicted molar refractivity (Wildman–Crippen MR) is 41.7 cm³/mol. The van der Waals surface area contributed by atoms with Crippen LogP contribution >= 0.6 is 0 Å². The number of hydrogen-bond acceptors (Lipinski definition) is 0. The van der Waals surface area contributed by atoms with Crippen LogP contribution in [0, 0.1) is 0 Å². The Hall–Kier alpha value is -0.850. The molecule has 0 spiro atoms. The lowest BCUT2D eigenvalue weighted by Crippen LogP contribution is -2.00. The Morgan fingerprint density at radius 3 is 2.50 bits per heavy atom. The van der Waals surface area contributed by atoms with Crippen LogP contribution in [-0.4, -0.2) is 0 Å². The van der Waals surface area contributed by atoms with Gasteiger partial charge in [-0.2, -0.15) is 0 Å². The summed E-state index contributed by atoms with van der Waals surface area (Å²) in [6.45, 7) is 4.46. The summed E-state index contributed by atoms with van der Waals surface area (Å²) < 4.78 is 0. The minimum atomic E-state index is 0.689. The molecule has 1 unspecified atom stereocenters. The van der Waals surface area contributed by atoms with Gasteiger partial charge < -0.3 is 0 Å². The Bertz CT molecular complexity index is 181. The van der Waals surface area contributed by atoms with Gasteiger partial charge in [0.15, 0.2) is 12.4 Å². The zero-order valence-electron chi connectivity index (χ0n) is 6.59. The molecule has 10 heavy (non-hydrogen) atoms. The van der Waals surface area contributed by atoms with Gasteiger partial charge in [0.2, 0.25) is 0 Å². The first-order valence-electron chi connectivity index (χ1n) is 3.80. The minimum Gasteiger partial charge on any atom is -0.218 e. The largest absolute Gasteiger partial charge is 0.218 e. The fourth-order valence-corrected chi connectivity index (χ4v) is 0.964. The van der Waals surface area contributed by atoms with Gasteiger partial charge in [0.05, 0.1) is 0 Å². The van der Waals surface area contributed by atoms with Gasteiger partial charge in [0.25, 0.3) is 0 Å². The molecule has 0 amide bonds. The quantitative estimate of drug-likeness (QED) is 0.590. The van der Waals surface area contributed by atoms with E-state index in [1.807, 2.05) is 12.4 Å². The Balaban J connectivity index is 2.75. The van der Waals surface area contributed by atoms with E-state index in [0.29, 0.717) is 5.92 Å². The number of hydrogen-bond donors (Lipinski definition) is 0. The summed E-state index contributed by atoms with van der Waals surface area (Å²) >= 11 is 0. The van der Waals surface area contributed by atoms with Crippen molar-refractivity contribution in [2.45, 2.75) is 26.2 Å². The van der Waals surface area contributed by atoms with Crippen LogP contribution in [0.5, 0.6) is 0 Å². The monoisotopic (exact) mass is 136 g/mol. The van der Waals surface area contributed by atoms with Gasteiger partial charge in [-0.3, -0.25) is 0 Å². The van der Waals surface area contributed by atoms with Crippen LogP contribution in [-0.2, 0) is 0 Å². The third kappa shape index (κ3) is 1.56. The summed E-state index contributed by atoms with van der Waals surface area (Å²) in [5.41, 5.74) is 1.42. The Morgan fingerprint density at radius 2 is 2.00 bits per heavy atom. The normalized spacial score (nSPS) is 13.0. The second-order valence-corrected chi connectivity index (χ2v) is 2.64. The molecule has 1 aromatic rings. The third-order valence-electron chi connectivity index (χ3n) is 1.93. The zero-order valence-corrected chi connectivity index (χ0v) is 6.59. The van der Waals surface area contributed by atoms with Gasteiger partial charge in [-0.25, -0.2) is 4.98 Å². The molecule has 0 aliphatic rings. The van der Waals surface area contributed by atoms with Gasteiger partial charge in [-0.1, -0.05) is 13.8 Å². The lowest BCUT2D eigenvalue weighted by Gasteiger charge is -2.04. The average Bonchev–Trinajstić information content (AvgIpc) is 2.05. The molecule has 0 aliphatic carbocycles. The van der Waals surface area contributed by atoms with Crippen molar-refractivity contribution in [1.82, 2.24) is 0 Å². The predicted octanol–water partition coefficient (Wildman–Crippen LogP) is 2.01. The van der Waals surface area contributed by atoms with E-state index in [9.17, 15) is 0 Å². The van der Waals surface area contributed by atoms with Crippen molar-refractivity contribution in [3.8, 4) is 0 Å². The van der Waals surface area contributed by atoms with Crippen LogP contribution in [0.25, 0.3) is 0 Å². The molecule has 1 heterocycles. The first kappa shape index (κ1) is 7.26. The van der Waals surface area contributed by atoms with Crippen LogP contribution in [0.4, 0.5) is 0 Å². The van der Waals surface area contributed by atoms with E-state index in [1.54, 1.807) is 0 Å². The van der Waals surface area contributed by atoms with Crippen molar-refractivity contribution < 1.29 is 4.98 Å². The molecule has 0 fully saturated rings. The lowest BCUT2D eigenvalue weighted by molar-refractivity contribution is -0.378. The second-order valence-electron chi connectivity index (χ2n) is 2.64. The maximum atomic E-state index is 3.01. The SMILES string of the molecule is CCC(C)c1cc[nH+]cc1. The Kier molecular flexibility index (Phi) is 2.43. The van der Waals surface area contributed by atoms with E-state index in [-0.39, 0.29) is 0 Å². The highest BCUT2D eigenvalue weighted by molar-refractivity contribution is 5.12. The fourth-order valence-electron chi connectivity index (χ4n) is 0.964. The number of H-pyrrole nitrogens is 1. The van der Waals surface area contributed by atoms with E-state index >= 15 is 0 Å². The first-order valence-corrected chi connectivity index (χ1v) is 3.80. The van der Waals surface area contributed by atoms with Gasteiger partial charge in [0.1, 0.15) is 0 Å². The molecule has 0 radical (unpaired) electrons. The van der Waals surface area contributed by atoms with Crippen molar-refractivity contribution >= 4 is 0 Å². The molecule has 0 saturated heterocycles. The molecular formula is C9H14N+. The standard InChI is InChI=1S/C9H13N/c1-3-8(2)9-4-6-10-7-5-9/h4-8H,3H2,1-2H3/p+1. The summed E-state index contributed by atoms with van der Waals surface area (Å²) in [6, 6.07) is 4.27. The van der Waals surface area contributed by atoms with Crippen molar-refractivity contribution in [3.05, 3.63) is 30.1 Å². The maximum Gasteiger partial charge on any atom is 0.167 e. The highest BCUT2D eigenvalue weighted by Gasteiger charge is 2.01. The Morgan fingerprint density at radius 1 is 1.40 bits per heavy atom. The summed E-state index contributed by atoms with van der Waals surface area (Å²) in [5, 5.41) is 0. The van der Waals surface area contributed by atoms with Crippen molar-refractivity contribution in [3.63, 3.8) is 0 Å². The summed E-state index contributed by atoms with van der Waals surface area (Å²) in [7, 11) is 0. The molecule has 0 aliphatic heterocycles. The highest BCUT2D eigenvalue weighted by Crippen LogP contribution is 2.15. The molecule has 1 atom stereocenters. The maximum absolute atomic E-state index is 3.01. The summed E-state index contributed by atoms with van der Waals surface area (Å²) in [5.74, 6) is 0.689. The highest BCUT2D eigenvalue weighted by atomic mass is 14.6. The van der Waals surface area contributed by atoms with Crippen LogP contribution in [0.1, 0.15) is 31.7 Å². The van der Waals surface area contributed by atoms with Crippen molar-refractivity contribution in [2.24, 2.45) is 0 Å². The molecule has 0 aromatic carbocycles.